The van der Waals surface area contributed by atoms with Crippen molar-refractivity contribution in [2.45, 2.75) is 6.92 Å². The van der Waals surface area contributed by atoms with Gasteiger partial charge in [0, 0.05) is 16.9 Å². The summed E-state index contributed by atoms with van der Waals surface area (Å²) in [7, 11) is 0. The van der Waals surface area contributed by atoms with Crippen molar-refractivity contribution >= 4 is 27.6 Å². The molecule has 0 saturated heterocycles. The van der Waals surface area contributed by atoms with E-state index in [0.29, 0.717) is 0 Å². The van der Waals surface area contributed by atoms with Gasteiger partial charge in [0.1, 0.15) is 11.6 Å². The molecule has 0 fully saturated rings. The zero-order valence-electron chi connectivity index (χ0n) is 8.24. The molecular weight excluding hydrogens is 254 g/mol. The van der Waals surface area contributed by atoms with Gasteiger partial charge in [-0.15, -0.1) is 0 Å². The van der Waals surface area contributed by atoms with E-state index in [1.807, 2.05) is 31.2 Å². The first-order chi connectivity index (χ1) is 7.25. The van der Waals surface area contributed by atoms with E-state index < -0.39 is 0 Å². The lowest BCUT2D eigenvalue weighted by atomic mass is 10.3. The summed E-state index contributed by atoms with van der Waals surface area (Å²) in [6.07, 6.45) is 3.51. The van der Waals surface area contributed by atoms with Crippen molar-refractivity contribution in [1.82, 2.24) is 9.97 Å². The second-order valence-corrected chi connectivity index (χ2v) is 4.07. The summed E-state index contributed by atoms with van der Waals surface area (Å²) in [5.74, 6) is 1.63. The molecule has 2 heterocycles. The highest BCUT2D eigenvalue weighted by molar-refractivity contribution is 9.10. The van der Waals surface area contributed by atoms with Gasteiger partial charge >= 0.3 is 0 Å². The number of nitrogens with one attached hydrogen (secondary N) is 1. The summed E-state index contributed by atoms with van der Waals surface area (Å²) < 4.78 is 0.978. The topological polar surface area (TPSA) is 37.8 Å². The van der Waals surface area contributed by atoms with Crippen LogP contribution in [0.1, 0.15) is 5.56 Å². The van der Waals surface area contributed by atoms with Crippen molar-refractivity contribution < 1.29 is 0 Å². The molecule has 0 unspecified atom stereocenters. The number of pyridine rings is 2. The van der Waals surface area contributed by atoms with Crippen LogP contribution in [0.4, 0.5) is 11.6 Å². The normalized spacial score (nSPS) is 10.0. The average Bonchev–Trinajstić information content (AvgIpc) is 2.24. The minimum atomic E-state index is 0.801. The third-order valence-electron chi connectivity index (χ3n) is 1.96. The number of aromatic nitrogens is 2. The minimum absolute atomic E-state index is 0.801. The van der Waals surface area contributed by atoms with Gasteiger partial charge < -0.3 is 5.32 Å². The van der Waals surface area contributed by atoms with Gasteiger partial charge in [0.05, 0.1) is 0 Å². The van der Waals surface area contributed by atoms with E-state index in [9.17, 15) is 0 Å². The Balaban J connectivity index is 2.25. The van der Waals surface area contributed by atoms with Gasteiger partial charge in [0.2, 0.25) is 0 Å². The van der Waals surface area contributed by atoms with E-state index in [1.54, 1.807) is 12.4 Å². The molecule has 1 N–H and O–H groups in total. The summed E-state index contributed by atoms with van der Waals surface area (Å²) in [5.41, 5.74) is 1.08. The predicted octanol–water partition coefficient (Wildman–Crippen LogP) is 3.29. The fourth-order valence-corrected chi connectivity index (χ4v) is 1.68. The summed E-state index contributed by atoms with van der Waals surface area (Å²) in [6.45, 7) is 2.00. The highest BCUT2D eigenvalue weighted by Crippen LogP contribution is 2.19. The molecule has 0 aromatic carbocycles. The van der Waals surface area contributed by atoms with Crippen LogP contribution in [0.5, 0.6) is 0 Å². The number of nitrogens with zero attached hydrogens (tertiary/aromatic N) is 2. The summed E-state index contributed by atoms with van der Waals surface area (Å²) in [5, 5.41) is 3.16. The van der Waals surface area contributed by atoms with Crippen molar-refractivity contribution in [2.75, 3.05) is 5.32 Å². The number of anilines is 2. The summed E-state index contributed by atoms with van der Waals surface area (Å²) in [4.78, 5) is 8.45. The Morgan fingerprint density at radius 1 is 1.27 bits per heavy atom. The van der Waals surface area contributed by atoms with E-state index >= 15 is 0 Å². The van der Waals surface area contributed by atoms with E-state index in [2.05, 4.69) is 31.2 Å². The molecule has 2 rings (SSSR count). The van der Waals surface area contributed by atoms with Gasteiger partial charge in [-0.05, 0) is 46.6 Å². The monoisotopic (exact) mass is 263 g/mol. The number of hydrogen-bond acceptors (Lipinski definition) is 3. The second-order valence-electron chi connectivity index (χ2n) is 3.16. The minimum Gasteiger partial charge on any atom is -0.325 e. The highest BCUT2D eigenvalue weighted by atomic mass is 79.9. The quantitative estimate of drug-likeness (QED) is 0.904. The van der Waals surface area contributed by atoms with Crippen molar-refractivity contribution in [3.63, 3.8) is 0 Å². The molecule has 76 valence electrons. The van der Waals surface area contributed by atoms with Gasteiger partial charge in [-0.25, -0.2) is 9.97 Å². The maximum Gasteiger partial charge on any atom is 0.134 e. The van der Waals surface area contributed by atoms with Crippen LogP contribution in [-0.2, 0) is 0 Å². The zero-order chi connectivity index (χ0) is 10.7. The number of rotatable bonds is 2. The predicted molar refractivity (Wildman–Crippen MR) is 64.2 cm³/mol. The number of hydrogen-bond donors (Lipinski definition) is 1. The maximum atomic E-state index is 4.28. The zero-order valence-corrected chi connectivity index (χ0v) is 9.82. The van der Waals surface area contributed by atoms with Crippen molar-refractivity contribution in [2.24, 2.45) is 0 Å². The lowest BCUT2D eigenvalue weighted by molar-refractivity contribution is 1.21. The third-order valence-corrected chi connectivity index (χ3v) is 2.39. The van der Waals surface area contributed by atoms with Crippen molar-refractivity contribution in [3.8, 4) is 0 Å². The Bertz CT molecular complexity index is 457. The fourth-order valence-electron chi connectivity index (χ4n) is 1.23. The van der Waals surface area contributed by atoms with Crippen molar-refractivity contribution in [1.29, 1.82) is 0 Å². The Morgan fingerprint density at radius 2 is 2.13 bits per heavy atom. The molecule has 0 spiro atoms. The lowest BCUT2D eigenvalue weighted by Gasteiger charge is -2.07. The molecule has 0 bridgehead atoms. The molecule has 3 nitrogen and oxygen atoms in total. The molecule has 0 aliphatic carbocycles. The lowest BCUT2D eigenvalue weighted by Crippen LogP contribution is -1.97. The number of aryl methyl sites for hydroxylation is 1. The van der Waals surface area contributed by atoms with Gasteiger partial charge in [-0.1, -0.05) is 6.07 Å². The van der Waals surface area contributed by atoms with Gasteiger partial charge in [0.15, 0.2) is 0 Å². The Labute approximate surface area is 96.7 Å². The number of halogens is 1. The van der Waals surface area contributed by atoms with Crippen LogP contribution >= 0.6 is 15.9 Å². The van der Waals surface area contributed by atoms with E-state index in [4.69, 9.17) is 0 Å². The molecule has 0 saturated carbocycles. The van der Waals surface area contributed by atoms with Crippen LogP contribution in [0.2, 0.25) is 0 Å². The third kappa shape index (κ3) is 2.53. The molecule has 2 aromatic heterocycles. The maximum absolute atomic E-state index is 4.28. The standard InChI is InChI=1S/C11H10BrN3/c1-8-6-9(12)7-14-11(8)15-10-4-2-3-5-13-10/h2-7H,1H3,(H,13,14,15). The second kappa shape index (κ2) is 4.40. The SMILES string of the molecule is Cc1cc(Br)cnc1Nc1ccccn1. The molecule has 2 aromatic rings. The Hall–Kier alpha value is -1.42. The van der Waals surface area contributed by atoms with Crippen LogP contribution < -0.4 is 5.32 Å². The largest absolute Gasteiger partial charge is 0.325 e. The van der Waals surface area contributed by atoms with Crippen LogP contribution in [0.25, 0.3) is 0 Å². The van der Waals surface area contributed by atoms with Crippen LogP contribution in [0.15, 0.2) is 41.1 Å². The van der Waals surface area contributed by atoms with Gasteiger partial charge in [-0.3, -0.25) is 0 Å². The average molecular weight is 264 g/mol. The molecule has 15 heavy (non-hydrogen) atoms. The van der Waals surface area contributed by atoms with E-state index in [-0.39, 0.29) is 0 Å². The first kappa shape index (κ1) is 10.1. The molecule has 4 heteroatoms. The fraction of sp³-hybridized carbons (Fsp3) is 0.0909. The Morgan fingerprint density at radius 3 is 2.80 bits per heavy atom. The van der Waals surface area contributed by atoms with Crippen molar-refractivity contribution in [3.05, 3.63) is 46.7 Å². The van der Waals surface area contributed by atoms with Crippen LogP contribution in [0.3, 0.4) is 0 Å². The molecular formula is C11H10BrN3. The van der Waals surface area contributed by atoms with E-state index in [0.717, 1.165) is 21.7 Å². The molecule has 0 aliphatic heterocycles. The summed E-state index contributed by atoms with van der Waals surface area (Å²) in [6, 6.07) is 7.73. The smallest absolute Gasteiger partial charge is 0.134 e. The van der Waals surface area contributed by atoms with Gasteiger partial charge in [0.25, 0.3) is 0 Å². The summed E-state index contributed by atoms with van der Waals surface area (Å²) >= 11 is 3.38. The van der Waals surface area contributed by atoms with Crippen LogP contribution in [-0.4, -0.2) is 9.97 Å². The Kier molecular flexibility index (Phi) is 2.97. The first-order valence-corrected chi connectivity index (χ1v) is 5.35. The molecule has 0 aliphatic rings. The van der Waals surface area contributed by atoms with E-state index in [1.165, 1.54) is 0 Å². The van der Waals surface area contributed by atoms with Crippen LogP contribution in [0, 0.1) is 6.92 Å². The molecule has 0 radical (unpaired) electrons. The highest BCUT2D eigenvalue weighted by Gasteiger charge is 2.01. The van der Waals surface area contributed by atoms with Gasteiger partial charge in [-0.2, -0.15) is 0 Å². The first-order valence-electron chi connectivity index (χ1n) is 4.56. The molecule has 0 amide bonds. The molecule has 0 atom stereocenters.